The number of hydrogen-bond donors (Lipinski definition) is 2. The van der Waals surface area contributed by atoms with E-state index in [0.717, 1.165) is 6.42 Å². The lowest BCUT2D eigenvalue weighted by atomic mass is 9.85. The molecule has 0 aliphatic carbocycles. The second kappa shape index (κ2) is 9.55. The summed E-state index contributed by atoms with van der Waals surface area (Å²) in [7, 11) is 0. The van der Waals surface area contributed by atoms with Crippen LogP contribution in [0.15, 0.2) is 17.5 Å². The predicted molar refractivity (Wildman–Crippen MR) is 105 cm³/mol. The van der Waals surface area contributed by atoms with E-state index < -0.39 is 6.04 Å². The molecule has 2 heterocycles. The van der Waals surface area contributed by atoms with Gasteiger partial charge in [-0.25, -0.2) is 0 Å². The van der Waals surface area contributed by atoms with Gasteiger partial charge in [0.25, 0.3) is 0 Å². The molecule has 7 heteroatoms. The average Bonchev–Trinajstić information content (AvgIpc) is 3.06. The third-order valence-electron chi connectivity index (χ3n) is 4.63. The number of likely N-dealkylation sites (tertiary alicyclic amines) is 1. The minimum Gasteiger partial charge on any atom is -0.355 e. The highest BCUT2D eigenvalue weighted by atomic mass is 35.5. The molecule has 2 rings (SSSR count). The van der Waals surface area contributed by atoms with Crippen molar-refractivity contribution in [1.29, 1.82) is 0 Å². The summed E-state index contributed by atoms with van der Waals surface area (Å²) >= 11 is 1.71. The molecule has 0 bridgehead atoms. The van der Waals surface area contributed by atoms with Gasteiger partial charge < -0.3 is 16.0 Å². The lowest BCUT2D eigenvalue weighted by molar-refractivity contribution is -0.138. The third kappa shape index (κ3) is 6.28. The van der Waals surface area contributed by atoms with E-state index >= 15 is 0 Å². The number of carbonyl (C=O) groups is 2. The van der Waals surface area contributed by atoms with E-state index in [9.17, 15) is 9.59 Å². The molecule has 1 fully saturated rings. The Balaban J connectivity index is 0.00000312. The Kier molecular flexibility index (Phi) is 8.38. The van der Waals surface area contributed by atoms with E-state index in [1.165, 1.54) is 4.88 Å². The first-order chi connectivity index (χ1) is 11.3. The van der Waals surface area contributed by atoms with Gasteiger partial charge in [0.15, 0.2) is 0 Å². The molecule has 1 aliphatic heterocycles. The fourth-order valence-electron chi connectivity index (χ4n) is 2.84. The van der Waals surface area contributed by atoms with E-state index in [-0.39, 0.29) is 35.6 Å². The Morgan fingerprint density at radius 3 is 2.52 bits per heavy atom. The zero-order valence-corrected chi connectivity index (χ0v) is 16.9. The van der Waals surface area contributed by atoms with E-state index in [2.05, 4.69) is 11.4 Å². The Hall–Kier alpha value is -1.11. The SMILES string of the molecule is CC(C)(C)[C@H](N)C(=O)N1CCC(C(=O)NCCc2cccs2)CC1.Cl. The number of rotatable bonds is 5. The zero-order valence-electron chi connectivity index (χ0n) is 15.3. The molecule has 25 heavy (non-hydrogen) atoms. The van der Waals surface area contributed by atoms with Crippen molar-refractivity contribution in [3.63, 3.8) is 0 Å². The fourth-order valence-corrected chi connectivity index (χ4v) is 3.55. The predicted octanol–water partition coefficient (Wildman–Crippen LogP) is 2.44. The van der Waals surface area contributed by atoms with Crippen LogP contribution in [0.1, 0.15) is 38.5 Å². The van der Waals surface area contributed by atoms with Crippen molar-refractivity contribution in [2.24, 2.45) is 17.1 Å². The Bertz CT molecular complexity index is 549. The number of amides is 2. The smallest absolute Gasteiger partial charge is 0.240 e. The van der Waals surface area contributed by atoms with E-state index in [4.69, 9.17) is 5.73 Å². The molecule has 0 aromatic carbocycles. The first kappa shape index (κ1) is 21.9. The minimum atomic E-state index is -0.492. The van der Waals surface area contributed by atoms with Gasteiger partial charge in [0.05, 0.1) is 6.04 Å². The maximum absolute atomic E-state index is 12.4. The summed E-state index contributed by atoms with van der Waals surface area (Å²) < 4.78 is 0. The van der Waals surface area contributed by atoms with E-state index in [1.54, 1.807) is 11.3 Å². The van der Waals surface area contributed by atoms with Crippen LogP contribution in [0.3, 0.4) is 0 Å². The van der Waals surface area contributed by atoms with Crippen LogP contribution in [-0.4, -0.2) is 42.4 Å². The Morgan fingerprint density at radius 1 is 1.36 bits per heavy atom. The molecule has 1 saturated heterocycles. The van der Waals surface area contributed by atoms with Crippen LogP contribution in [0.5, 0.6) is 0 Å². The monoisotopic (exact) mass is 387 g/mol. The standard InChI is InChI=1S/C18H29N3O2S.ClH/c1-18(2,3)15(19)17(23)21-10-7-13(8-11-21)16(22)20-9-6-14-5-4-12-24-14;/h4-5,12-13,15H,6-11,19H2,1-3H3,(H,20,22);1H/t15-;/m1./s1. The van der Waals surface area contributed by atoms with Gasteiger partial charge in [0, 0.05) is 30.4 Å². The maximum Gasteiger partial charge on any atom is 0.240 e. The first-order valence-corrected chi connectivity index (χ1v) is 9.51. The second-order valence-corrected chi connectivity index (χ2v) is 8.60. The number of piperidine rings is 1. The van der Waals surface area contributed by atoms with Crippen LogP contribution in [0.4, 0.5) is 0 Å². The summed E-state index contributed by atoms with van der Waals surface area (Å²) in [5.41, 5.74) is 5.82. The van der Waals surface area contributed by atoms with E-state index in [1.807, 2.05) is 37.1 Å². The summed E-state index contributed by atoms with van der Waals surface area (Å²) in [6, 6.07) is 3.62. The van der Waals surface area contributed by atoms with Crippen LogP contribution < -0.4 is 11.1 Å². The minimum absolute atomic E-state index is 0. The molecular formula is C18H30ClN3O2S. The number of nitrogens with one attached hydrogen (secondary N) is 1. The van der Waals surface area contributed by atoms with Crippen molar-refractivity contribution in [2.45, 2.75) is 46.1 Å². The largest absolute Gasteiger partial charge is 0.355 e. The van der Waals surface area contributed by atoms with Gasteiger partial charge in [-0.1, -0.05) is 26.8 Å². The Morgan fingerprint density at radius 2 is 2.00 bits per heavy atom. The molecule has 1 atom stereocenters. The Labute approximate surface area is 160 Å². The number of nitrogens with two attached hydrogens (primary N) is 1. The van der Waals surface area contributed by atoms with Crippen molar-refractivity contribution in [1.82, 2.24) is 10.2 Å². The van der Waals surface area contributed by atoms with Gasteiger partial charge in [0.2, 0.25) is 11.8 Å². The van der Waals surface area contributed by atoms with Gasteiger partial charge in [-0.05, 0) is 36.1 Å². The highest BCUT2D eigenvalue weighted by molar-refractivity contribution is 7.09. The first-order valence-electron chi connectivity index (χ1n) is 8.63. The highest BCUT2D eigenvalue weighted by Crippen LogP contribution is 2.23. The van der Waals surface area contributed by atoms with Crippen LogP contribution in [0, 0.1) is 11.3 Å². The number of hydrogen-bond acceptors (Lipinski definition) is 4. The number of carbonyl (C=O) groups excluding carboxylic acids is 2. The number of halogens is 1. The summed E-state index contributed by atoms with van der Waals surface area (Å²) in [5.74, 6) is 0.112. The van der Waals surface area contributed by atoms with Crippen molar-refractivity contribution in [3.05, 3.63) is 22.4 Å². The van der Waals surface area contributed by atoms with Crippen molar-refractivity contribution < 1.29 is 9.59 Å². The molecule has 0 unspecified atom stereocenters. The fraction of sp³-hybridized carbons (Fsp3) is 0.667. The molecule has 0 saturated carbocycles. The van der Waals surface area contributed by atoms with Crippen LogP contribution in [0.2, 0.25) is 0 Å². The van der Waals surface area contributed by atoms with Crippen LogP contribution in [-0.2, 0) is 16.0 Å². The van der Waals surface area contributed by atoms with Gasteiger partial charge in [-0.3, -0.25) is 9.59 Å². The molecule has 142 valence electrons. The lowest BCUT2D eigenvalue weighted by Crippen LogP contribution is -2.53. The summed E-state index contributed by atoms with van der Waals surface area (Å²) in [4.78, 5) is 27.8. The van der Waals surface area contributed by atoms with Gasteiger partial charge in [0.1, 0.15) is 0 Å². The molecule has 0 radical (unpaired) electrons. The highest BCUT2D eigenvalue weighted by Gasteiger charge is 2.34. The van der Waals surface area contributed by atoms with Gasteiger partial charge in [-0.2, -0.15) is 0 Å². The molecule has 3 N–H and O–H groups in total. The topological polar surface area (TPSA) is 75.4 Å². The zero-order chi connectivity index (χ0) is 17.7. The average molecular weight is 388 g/mol. The second-order valence-electron chi connectivity index (χ2n) is 7.56. The number of nitrogens with zero attached hydrogens (tertiary/aromatic N) is 1. The molecule has 1 aromatic heterocycles. The van der Waals surface area contributed by atoms with Crippen molar-refractivity contribution >= 4 is 35.6 Å². The normalized spacial score (nSPS) is 16.9. The summed E-state index contributed by atoms with van der Waals surface area (Å²) in [6.45, 7) is 7.83. The third-order valence-corrected chi connectivity index (χ3v) is 5.56. The quantitative estimate of drug-likeness (QED) is 0.814. The van der Waals surface area contributed by atoms with Gasteiger partial charge in [-0.15, -0.1) is 23.7 Å². The molecular weight excluding hydrogens is 358 g/mol. The van der Waals surface area contributed by atoms with Crippen molar-refractivity contribution in [3.8, 4) is 0 Å². The molecule has 0 spiro atoms. The van der Waals surface area contributed by atoms with Crippen LogP contribution in [0.25, 0.3) is 0 Å². The number of thiophene rings is 1. The van der Waals surface area contributed by atoms with Crippen molar-refractivity contribution in [2.75, 3.05) is 19.6 Å². The lowest BCUT2D eigenvalue weighted by Gasteiger charge is -2.36. The molecule has 5 nitrogen and oxygen atoms in total. The maximum atomic E-state index is 12.4. The molecule has 1 aliphatic rings. The molecule has 1 aromatic rings. The summed E-state index contributed by atoms with van der Waals surface area (Å²) in [6.07, 6.45) is 2.31. The van der Waals surface area contributed by atoms with E-state index in [0.29, 0.717) is 32.5 Å². The molecule has 2 amide bonds. The van der Waals surface area contributed by atoms with Crippen LogP contribution >= 0.6 is 23.7 Å². The summed E-state index contributed by atoms with van der Waals surface area (Å²) in [5, 5.41) is 5.07. The van der Waals surface area contributed by atoms with Gasteiger partial charge >= 0.3 is 0 Å².